The summed E-state index contributed by atoms with van der Waals surface area (Å²) in [7, 11) is 0. The van der Waals surface area contributed by atoms with Gasteiger partial charge in [-0.2, -0.15) is 0 Å². The fourth-order valence-electron chi connectivity index (χ4n) is 2.49. The lowest BCUT2D eigenvalue weighted by Gasteiger charge is -2.17. The smallest absolute Gasteiger partial charge is 0.243 e. The molecule has 1 atom stereocenters. The molecule has 0 saturated carbocycles. The Labute approximate surface area is 137 Å². The molecule has 0 saturated heterocycles. The molecule has 2 heterocycles. The largest absolute Gasteiger partial charge is 0.361 e. The van der Waals surface area contributed by atoms with E-state index < -0.39 is 0 Å². The zero-order valence-electron chi connectivity index (χ0n) is 14.5. The third-order valence-electron chi connectivity index (χ3n) is 3.67. The molecule has 0 fully saturated rings. The average molecular weight is 318 g/mol. The molecule has 0 aliphatic carbocycles. The maximum absolute atomic E-state index is 12.4. The van der Waals surface area contributed by atoms with Gasteiger partial charge in [-0.05, 0) is 12.8 Å². The van der Waals surface area contributed by atoms with Crippen molar-refractivity contribution in [3.05, 3.63) is 35.7 Å². The van der Waals surface area contributed by atoms with E-state index in [1.54, 1.807) is 6.20 Å². The van der Waals surface area contributed by atoms with Crippen molar-refractivity contribution in [2.24, 2.45) is 5.92 Å². The second-order valence-electron chi connectivity index (χ2n) is 6.62. The molecule has 0 aliphatic rings. The molecule has 0 aromatic carbocycles. The second-order valence-corrected chi connectivity index (χ2v) is 6.62. The van der Waals surface area contributed by atoms with Crippen LogP contribution >= 0.6 is 0 Å². The normalized spacial score (nSPS) is 12.8. The van der Waals surface area contributed by atoms with Gasteiger partial charge in [-0.25, -0.2) is 4.98 Å². The molecule has 1 amide bonds. The Morgan fingerprint density at radius 3 is 2.70 bits per heavy atom. The van der Waals surface area contributed by atoms with E-state index in [1.165, 1.54) is 0 Å². The Hall–Kier alpha value is -2.11. The van der Waals surface area contributed by atoms with Crippen LogP contribution in [0.25, 0.3) is 0 Å². The predicted molar refractivity (Wildman–Crippen MR) is 87.9 cm³/mol. The molecule has 1 N–H and O–H groups in total. The summed E-state index contributed by atoms with van der Waals surface area (Å²) in [5, 5.41) is 6.91. The molecule has 0 aliphatic heterocycles. The Kier molecular flexibility index (Phi) is 5.58. The van der Waals surface area contributed by atoms with Gasteiger partial charge in [-0.15, -0.1) is 0 Å². The summed E-state index contributed by atoms with van der Waals surface area (Å²) >= 11 is 0. The molecule has 1 unspecified atom stereocenters. The van der Waals surface area contributed by atoms with Gasteiger partial charge in [0.25, 0.3) is 0 Å². The number of carbonyl (C=O) groups is 1. The Morgan fingerprint density at radius 1 is 1.30 bits per heavy atom. The van der Waals surface area contributed by atoms with Gasteiger partial charge in [0.2, 0.25) is 5.91 Å². The zero-order chi connectivity index (χ0) is 17.0. The Balaban J connectivity index is 1.94. The number of imidazole rings is 1. The number of amides is 1. The highest BCUT2D eigenvalue weighted by molar-refractivity contribution is 5.79. The maximum atomic E-state index is 12.4. The quantitative estimate of drug-likeness (QED) is 0.851. The lowest BCUT2D eigenvalue weighted by atomic mass is 10.1. The van der Waals surface area contributed by atoms with Crippen molar-refractivity contribution in [3.8, 4) is 0 Å². The van der Waals surface area contributed by atoms with Crippen LogP contribution in [0.5, 0.6) is 0 Å². The van der Waals surface area contributed by atoms with Crippen LogP contribution in [0.2, 0.25) is 0 Å². The monoisotopic (exact) mass is 318 g/mol. The average Bonchev–Trinajstić information content (AvgIpc) is 3.12. The van der Waals surface area contributed by atoms with E-state index in [4.69, 9.17) is 4.52 Å². The highest BCUT2D eigenvalue weighted by atomic mass is 16.5. The third-order valence-corrected chi connectivity index (χ3v) is 3.67. The van der Waals surface area contributed by atoms with Crippen LogP contribution in [0.3, 0.4) is 0 Å². The van der Waals surface area contributed by atoms with Gasteiger partial charge < -0.3 is 14.4 Å². The molecule has 0 bridgehead atoms. The molecule has 6 heteroatoms. The minimum Gasteiger partial charge on any atom is -0.361 e. The first-order valence-corrected chi connectivity index (χ1v) is 8.13. The number of carbonyl (C=O) groups excluding carboxylic acids is 1. The predicted octanol–water partition coefficient (Wildman–Crippen LogP) is 3.07. The van der Waals surface area contributed by atoms with Crippen LogP contribution in [0.4, 0.5) is 0 Å². The van der Waals surface area contributed by atoms with E-state index in [0.717, 1.165) is 23.7 Å². The van der Waals surface area contributed by atoms with Crippen molar-refractivity contribution in [2.45, 2.75) is 59.5 Å². The summed E-state index contributed by atoms with van der Waals surface area (Å²) in [6.07, 6.45) is 4.43. The van der Waals surface area contributed by atoms with Gasteiger partial charge in [0.1, 0.15) is 23.3 Å². The van der Waals surface area contributed by atoms with E-state index >= 15 is 0 Å². The van der Waals surface area contributed by atoms with Crippen LogP contribution in [-0.4, -0.2) is 20.6 Å². The van der Waals surface area contributed by atoms with Crippen molar-refractivity contribution in [3.63, 3.8) is 0 Å². The first-order valence-electron chi connectivity index (χ1n) is 8.13. The van der Waals surface area contributed by atoms with Crippen molar-refractivity contribution in [1.29, 1.82) is 0 Å². The zero-order valence-corrected chi connectivity index (χ0v) is 14.5. The molecule has 2 aromatic rings. The molecule has 23 heavy (non-hydrogen) atoms. The van der Waals surface area contributed by atoms with Crippen LogP contribution < -0.4 is 5.32 Å². The molecular formula is C17H26N4O2. The Bertz CT molecular complexity index is 643. The minimum absolute atomic E-state index is 0.0571. The molecule has 0 spiro atoms. The fraction of sp³-hybridized carbons (Fsp3) is 0.588. The summed E-state index contributed by atoms with van der Waals surface area (Å²) in [4.78, 5) is 16.7. The van der Waals surface area contributed by atoms with Crippen molar-refractivity contribution in [2.75, 3.05) is 0 Å². The molecular weight excluding hydrogens is 292 g/mol. The van der Waals surface area contributed by atoms with Crippen LogP contribution in [0, 0.1) is 5.92 Å². The summed E-state index contributed by atoms with van der Waals surface area (Å²) in [6, 6.07) is 1.60. The van der Waals surface area contributed by atoms with Crippen LogP contribution in [-0.2, 0) is 17.8 Å². The first-order chi connectivity index (χ1) is 10.9. The van der Waals surface area contributed by atoms with E-state index in [2.05, 4.69) is 43.2 Å². The van der Waals surface area contributed by atoms with Gasteiger partial charge in [0.15, 0.2) is 0 Å². The number of rotatable bonds is 7. The summed E-state index contributed by atoms with van der Waals surface area (Å²) in [5.74, 6) is 2.50. The van der Waals surface area contributed by atoms with Gasteiger partial charge in [0, 0.05) is 30.8 Å². The van der Waals surface area contributed by atoms with Crippen molar-refractivity contribution in [1.82, 2.24) is 20.0 Å². The Morgan fingerprint density at radius 2 is 2.04 bits per heavy atom. The fourth-order valence-corrected chi connectivity index (χ4v) is 2.49. The van der Waals surface area contributed by atoms with E-state index in [1.807, 2.05) is 23.8 Å². The lowest BCUT2D eigenvalue weighted by Crippen LogP contribution is -2.31. The van der Waals surface area contributed by atoms with Gasteiger partial charge >= 0.3 is 0 Å². The van der Waals surface area contributed by atoms with Crippen molar-refractivity contribution < 1.29 is 9.32 Å². The standard InChI is InChI=1S/C17H26N4O2/c1-11(2)8-15-9-14(20-23-15)10-19-17(22)13(5)21-7-6-18-16(21)12(3)4/h6-7,9,11-13H,8,10H2,1-5H3,(H,19,22). The van der Waals surface area contributed by atoms with E-state index in [0.29, 0.717) is 12.5 Å². The van der Waals surface area contributed by atoms with Gasteiger partial charge in [-0.3, -0.25) is 4.79 Å². The second kappa shape index (κ2) is 7.44. The molecule has 2 aromatic heterocycles. The highest BCUT2D eigenvalue weighted by Crippen LogP contribution is 2.17. The van der Waals surface area contributed by atoms with E-state index in [-0.39, 0.29) is 17.9 Å². The number of nitrogens with one attached hydrogen (secondary N) is 1. The first kappa shape index (κ1) is 17.2. The molecule has 6 nitrogen and oxygen atoms in total. The minimum atomic E-state index is -0.308. The number of aromatic nitrogens is 3. The van der Waals surface area contributed by atoms with Gasteiger partial charge in [0.05, 0.1) is 6.54 Å². The van der Waals surface area contributed by atoms with E-state index in [9.17, 15) is 4.79 Å². The molecule has 2 rings (SSSR count). The topological polar surface area (TPSA) is 73.0 Å². The summed E-state index contributed by atoms with van der Waals surface area (Å²) in [5.41, 5.74) is 0.746. The number of nitrogens with zero attached hydrogens (tertiary/aromatic N) is 3. The van der Waals surface area contributed by atoms with Crippen LogP contribution in [0.15, 0.2) is 23.0 Å². The molecule has 0 radical (unpaired) electrons. The summed E-state index contributed by atoms with van der Waals surface area (Å²) in [6.45, 7) is 10.6. The number of hydrogen-bond acceptors (Lipinski definition) is 4. The SMILES string of the molecule is CC(C)Cc1cc(CNC(=O)C(C)n2ccnc2C(C)C)no1. The highest BCUT2D eigenvalue weighted by Gasteiger charge is 2.19. The maximum Gasteiger partial charge on any atom is 0.243 e. The molecule has 126 valence electrons. The summed E-state index contributed by atoms with van der Waals surface area (Å²) < 4.78 is 7.18. The van der Waals surface area contributed by atoms with Gasteiger partial charge in [-0.1, -0.05) is 32.9 Å². The van der Waals surface area contributed by atoms with Crippen molar-refractivity contribution >= 4 is 5.91 Å². The number of hydrogen-bond donors (Lipinski definition) is 1. The lowest BCUT2D eigenvalue weighted by molar-refractivity contribution is -0.124. The van der Waals surface area contributed by atoms with Crippen LogP contribution in [0.1, 0.15) is 63.9 Å². The third kappa shape index (κ3) is 4.43.